The lowest BCUT2D eigenvalue weighted by Gasteiger charge is -2.25. The molecule has 1 aromatic heterocycles. The normalized spacial score (nSPS) is 18.1. The average Bonchev–Trinajstić information content (AvgIpc) is 3.27. The van der Waals surface area contributed by atoms with Gasteiger partial charge in [-0.3, -0.25) is 9.59 Å². The van der Waals surface area contributed by atoms with Crippen LogP contribution in [-0.2, 0) is 14.3 Å². The predicted octanol–water partition coefficient (Wildman–Crippen LogP) is 5.00. The number of ketones is 1. The Morgan fingerprint density at radius 3 is 2.53 bits per heavy atom. The van der Waals surface area contributed by atoms with Gasteiger partial charge in [0, 0.05) is 23.6 Å². The fraction of sp³-hybridized carbons (Fsp3) is 0.440. The van der Waals surface area contributed by atoms with Crippen molar-refractivity contribution < 1.29 is 24.2 Å². The number of likely N-dealkylation sites (tertiary alicyclic amines) is 1. The Balaban J connectivity index is 2.02. The largest absolute Gasteiger partial charge is 0.507 e. The van der Waals surface area contributed by atoms with Gasteiger partial charge in [-0.15, -0.1) is 11.3 Å². The van der Waals surface area contributed by atoms with E-state index in [2.05, 4.69) is 0 Å². The summed E-state index contributed by atoms with van der Waals surface area (Å²) >= 11 is 1.48. The molecule has 1 saturated heterocycles. The summed E-state index contributed by atoms with van der Waals surface area (Å²) in [6, 6.07) is 6.63. The quantitative estimate of drug-likeness (QED) is 0.248. The summed E-state index contributed by atoms with van der Waals surface area (Å²) in [5, 5.41) is 13.1. The number of aryl methyl sites for hydroxylation is 2. The number of hydrogen-bond acceptors (Lipinski definition) is 6. The van der Waals surface area contributed by atoms with Crippen molar-refractivity contribution in [3.8, 4) is 5.75 Å². The number of aliphatic hydroxyl groups excluding tert-OH is 1. The summed E-state index contributed by atoms with van der Waals surface area (Å²) in [5.41, 5.74) is 2.46. The van der Waals surface area contributed by atoms with Gasteiger partial charge in [0.1, 0.15) is 11.5 Å². The van der Waals surface area contributed by atoms with Crippen LogP contribution in [0.1, 0.15) is 54.8 Å². The van der Waals surface area contributed by atoms with Crippen molar-refractivity contribution in [1.82, 2.24) is 4.90 Å². The average molecular weight is 458 g/mol. The summed E-state index contributed by atoms with van der Waals surface area (Å²) in [5.74, 6) is -0.679. The van der Waals surface area contributed by atoms with Crippen LogP contribution in [0.5, 0.6) is 5.75 Å². The van der Waals surface area contributed by atoms with Crippen LogP contribution in [0, 0.1) is 13.8 Å². The van der Waals surface area contributed by atoms with Crippen molar-refractivity contribution >= 4 is 28.8 Å². The number of carbonyl (C=O) groups excluding carboxylic acids is 2. The first-order valence-corrected chi connectivity index (χ1v) is 11.8. The van der Waals surface area contributed by atoms with Gasteiger partial charge in [0.25, 0.3) is 11.7 Å². The van der Waals surface area contributed by atoms with Crippen molar-refractivity contribution in [2.24, 2.45) is 0 Å². The van der Waals surface area contributed by atoms with Gasteiger partial charge in [0.2, 0.25) is 0 Å². The fourth-order valence-corrected chi connectivity index (χ4v) is 4.92. The molecule has 0 spiro atoms. The van der Waals surface area contributed by atoms with Crippen LogP contribution in [0.2, 0.25) is 0 Å². The van der Waals surface area contributed by atoms with E-state index in [0.717, 1.165) is 21.8 Å². The molecule has 32 heavy (non-hydrogen) atoms. The molecule has 7 heteroatoms. The smallest absolute Gasteiger partial charge is 0.295 e. The molecule has 0 saturated carbocycles. The number of hydrogen-bond donors (Lipinski definition) is 1. The molecular formula is C25H31NO5S. The molecule has 1 aromatic carbocycles. The highest BCUT2D eigenvalue weighted by Crippen LogP contribution is 2.42. The van der Waals surface area contributed by atoms with Crippen LogP contribution in [0.4, 0.5) is 0 Å². The molecule has 1 unspecified atom stereocenters. The van der Waals surface area contributed by atoms with Gasteiger partial charge in [-0.2, -0.15) is 0 Å². The SMILES string of the molecule is CCOc1ccc(/C(O)=C2/C(=O)C(=O)N(CCCOC(C)C)C2c2sccc2C)cc1C. The van der Waals surface area contributed by atoms with E-state index in [4.69, 9.17) is 9.47 Å². The third-order valence-corrected chi connectivity index (χ3v) is 6.50. The zero-order valence-corrected chi connectivity index (χ0v) is 20.1. The van der Waals surface area contributed by atoms with Crippen LogP contribution in [0.15, 0.2) is 35.2 Å². The molecule has 1 aliphatic rings. The van der Waals surface area contributed by atoms with E-state index in [0.29, 0.717) is 31.7 Å². The van der Waals surface area contributed by atoms with Crippen LogP contribution < -0.4 is 4.74 Å². The maximum atomic E-state index is 13.1. The maximum Gasteiger partial charge on any atom is 0.295 e. The monoisotopic (exact) mass is 457 g/mol. The third-order valence-electron chi connectivity index (χ3n) is 5.43. The molecular weight excluding hydrogens is 426 g/mol. The van der Waals surface area contributed by atoms with E-state index in [9.17, 15) is 14.7 Å². The zero-order chi connectivity index (χ0) is 23.4. The van der Waals surface area contributed by atoms with Gasteiger partial charge in [0.15, 0.2) is 0 Å². The second-order valence-electron chi connectivity index (χ2n) is 8.15. The molecule has 0 aliphatic carbocycles. The second-order valence-corrected chi connectivity index (χ2v) is 9.09. The minimum absolute atomic E-state index is 0.101. The van der Waals surface area contributed by atoms with Gasteiger partial charge in [0.05, 0.1) is 24.3 Å². The number of aliphatic hydroxyl groups is 1. The van der Waals surface area contributed by atoms with Crippen molar-refractivity contribution in [2.45, 2.75) is 53.2 Å². The number of amides is 1. The molecule has 172 valence electrons. The lowest BCUT2D eigenvalue weighted by molar-refractivity contribution is -0.140. The topological polar surface area (TPSA) is 76.1 Å². The molecule has 2 aromatic rings. The maximum absolute atomic E-state index is 13.1. The van der Waals surface area contributed by atoms with Crippen LogP contribution in [-0.4, -0.2) is 47.6 Å². The Hall–Kier alpha value is -2.64. The Morgan fingerprint density at radius 1 is 1.19 bits per heavy atom. The Kier molecular flexibility index (Phi) is 7.74. The number of rotatable bonds is 9. The van der Waals surface area contributed by atoms with Crippen molar-refractivity contribution in [1.29, 1.82) is 0 Å². The standard InChI is InChI=1S/C25H31NO5S/c1-6-30-19-9-8-18(14-17(19)5)22(27)20-21(24-16(4)10-13-32-24)26(25(29)23(20)28)11-7-12-31-15(2)3/h8-10,13-15,21,27H,6-7,11-12H2,1-5H3/b22-20-. The first-order chi connectivity index (χ1) is 15.3. The Labute approximate surface area is 193 Å². The molecule has 1 amide bonds. The summed E-state index contributed by atoms with van der Waals surface area (Å²) in [7, 11) is 0. The number of ether oxygens (including phenoxy) is 2. The van der Waals surface area contributed by atoms with E-state index in [1.807, 2.05) is 46.1 Å². The van der Waals surface area contributed by atoms with Gasteiger partial charge >= 0.3 is 0 Å². The van der Waals surface area contributed by atoms with Crippen LogP contribution in [0.3, 0.4) is 0 Å². The molecule has 2 heterocycles. The summed E-state index contributed by atoms with van der Waals surface area (Å²) in [6.45, 7) is 11.1. The van der Waals surface area contributed by atoms with E-state index >= 15 is 0 Å². The molecule has 1 aliphatic heterocycles. The Morgan fingerprint density at radius 2 is 1.94 bits per heavy atom. The molecule has 1 atom stereocenters. The molecule has 3 rings (SSSR count). The van der Waals surface area contributed by atoms with Gasteiger partial charge in [-0.25, -0.2) is 0 Å². The summed E-state index contributed by atoms with van der Waals surface area (Å²) in [4.78, 5) is 28.5. The van der Waals surface area contributed by atoms with Gasteiger partial charge in [-0.1, -0.05) is 0 Å². The van der Waals surface area contributed by atoms with E-state index < -0.39 is 17.7 Å². The molecule has 6 nitrogen and oxygen atoms in total. The van der Waals surface area contributed by atoms with E-state index in [-0.39, 0.29) is 17.4 Å². The highest BCUT2D eigenvalue weighted by molar-refractivity contribution is 7.10. The molecule has 1 fully saturated rings. The number of nitrogens with zero attached hydrogens (tertiary/aromatic N) is 1. The van der Waals surface area contributed by atoms with Crippen molar-refractivity contribution in [2.75, 3.05) is 19.8 Å². The molecule has 0 bridgehead atoms. The second kappa shape index (κ2) is 10.3. The number of carbonyl (C=O) groups is 2. The van der Waals surface area contributed by atoms with Crippen molar-refractivity contribution in [3.05, 3.63) is 56.8 Å². The Bertz CT molecular complexity index is 1020. The van der Waals surface area contributed by atoms with Crippen LogP contribution >= 0.6 is 11.3 Å². The first kappa shape index (κ1) is 24.0. The van der Waals surface area contributed by atoms with E-state index in [1.165, 1.54) is 11.3 Å². The number of thiophene rings is 1. The fourth-order valence-electron chi connectivity index (χ4n) is 3.87. The van der Waals surface area contributed by atoms with E-state index in [1.54, 1.807) is 23.1 Å². The summed E-state index contributed by atoms with van der Waals surface area (Å²) < 4.78 is 11.2. The highest BCUT2D eigenvalue weighted by Gasteiger charge is 2.46. The predicted molar refractivity (Wildman–Crippen MR) is 126 cm³/mol. The van der Waals surface area contributed by atoms with Gasteiger partial charge < -0.3 is 19.5 Å². The molecule has 1 N–H and O–H groups in total. The minimum Gasteiger partial charge on any atom is -0.507 e. The van der Waals surface area contributed by atoms with Crippen molar-refractivity contribution in [3.63, 3.8) is 0 Å². The molecule has 0 radical (unpaired) electrons. The lowest BCUT2D eigenvalue weighted by atomic mass is 9.97. The zero-order valence-electron chi connectivity index (χ0n) is 19.3. The lowest BCUT2D eigenvalue weighted by Crippen LogP contribution is -2.31. The third kappa shape index (κ3) is 4.89. The number of Topliss-reactive ketones (excluding diaryl/α,β-unsaturated/α-hetero) is 1. The van der Waals surface area contributed by atoms with Crippen LogP contribution in [0.25, 0.3) is 5.76 Å². The van der Waals surface area contributed by atoms with Gasteiger partial charge in [-0.05, 0) is 81.8 Å². The number of benzene rings is 1. The summed E-state index contributed by atoms with van der Waals surface area (Å²) in [6.07, 6.45) is 0.706. The first-order valence-electron chi connectivity index (χ1n) is 10.9. The highest BCUT2D eigenvalue weighted by atomic mass is 32.1. The minimum atomic E-state index is -0.656.